The Morgan fingerprint density at radius 2 is 1.91 bits per heavy atom. The van der Waals surface area contributed by atoms with Crippen LogP contribution < -0.4 is 14.8 Å². The van der Waals surface area contributed by atoms with Crippen molar-refractivity contribution in [3.8, 4) is 17.0 Å². The van der Waals surface area contributed by atoms with E-state index in [0.29, 0.717) is 17.0 Å². The van der Waals surface area contributed by atoms with Crippen molar-refractivity contribution in [3.63, 3.8) is 0 Å². The van der Waals surface area contributed by atoms with E-state index >= 15 is 0 Å². The Hall–Kier alpha value is -2.53. The summed E-state index contributed by atoms with van der Waals surface area (Å²) in [7, 11) is -2.48. The Labute approximate surface area is 194 Å². The van der Waals surface area contributed by atoms with Crippen LogP contribution in [0.5, 0.6) is 5.75 Å². The maximum absolute atomic E-state index is 13.7. The summed E-state index contributed by atoms with van der Waals surface area (Å²) in [5.74, 6) is -0.576. The number of anilines is 1. The SMILES string of the molecule is COc1ccc(F)cc1-c1csc(NC(=O)c2ccc(Cl)c(S(=O)(=O)NC(C)(C)C)c2)n1. The lowest BCUT2D eigenvalue weighted by atomic mass is 10.1. The molecule has 0 fully saturated rings. The molecule has 0 radical (unpaired) electrons. The number of nitrogens with zero attached hydrogens (tertiary/aromatic N) is 1. The van der Waals surface area contributed by atoms with Crippen LogP contribution in [0.3, 0.4) is 0 Å². The van der Waals surface area contributed by atoms with E-state index in [2.05, 4.69) is 15.0 Å². The van der Waals surface area contributed by atoms with Crippen LogP contribution in [0.2, 0.25) is 5.02 Å². The van der Waals surface area contributed by atoms with Gasteiger partial charge in [-0.05, 0) is 57.2 Å². The number of carbonyl (C=O) groups excluding carboxylic acids is 1. The first-order chi connectivity index (χ1) is 14.9. The highest BCUT2D eigenvalue weighted by Crippen LogP contribution is 2.33. The molecular formula is C21H21ClFN3O4S2. The standard InChI is InChI=1S/C21H21ClFN3O4S2/c1-21(2,3)26-32(28,29)18-9-12(5-7-15(18)22)19(27)25-20-24-16(11-31-20)14-10-13(23)6-8-17(14)30-4/h5-11,26H,1-4H3,(H,24,25,27). The lowest BCUT2D eigenvalue weighted by Crippen LogP contribution is -2.40. The fourth-order valence-electron chi connectivity index (χ4n) is 2.81. The van der Waals surface area contributed by atoms with Gasteiger partial charge in [0.05, 0.1) is 17.8 Å². The third kappa shape index (κ3) is 5.63. The monoisotopic (exact) mass is 497 g/mol. The highest BCUT2D eigenvalue weighted by atomic mass is 35.5. The molecule has 0 aliphatic heterocycles. The van der Waals surface area contributed by atoms with Crippen molar-refractivity contribution in [1.29, 1.82) is 0 Å². The largest absolute Gasteiger partial charge is 0.496 e. The normalized spacial score (nSPS) is 11.9. The van der Waals surface area contributed by atoms with Gasteiger partial charge in [-0.2, -0.15) is 0 Å². The van der Waals surface area contributed by atoms with Gasteiger partial charge in [-0.3, -0.25) is 10.1 Å². The topological polar surface area (TPSA) is 97.4 Å². The van der Waals surface area contributed by atoms with Gasteiger partial charge in [-0.15, -0.1) is 11.3 Å². The van der Waals surface area contributed by atoms with Crippen LogP contribution >= 0.6 is 22.9 Å². The second kappa shape index (κ2) is 9.14. The summed E-state index contributed by atoms with van der Waals surface area (Å²) in [6.07, 6.45) is 0. The molecule has 3 aromatic rings. The number of halogens is 2. The zero-order valence-corrected chi connectivity index (χ0v) is 20.1. The molecule has 0 spiro atoms. The number of nitrogens with one attached hydrogen (secondary N) is 2. The number of hydrogen-bond donors (Lipinski definition) is 2. The van der Waals surface area contributed by atoms with Crippen LogP contribution in [0.25, 0.3) is 11.3 Å². The van der Waals surface area contributed by atoms with Crippen LogP contribution in [0, 0.1) is 5.82 Å². The molecule has 3 rings (SSSR count). The zero-order chi connectivity index (χ0) is 23.7. The van der Waals surface area contributed by atoms with Crippen LogP contribution in [0.15, 0.2) is 46.7 Å². The van der Waals surface area contributed by atoms with Crippen LogP contribution in [0.1, 0.15) is 31.1 Å². The third-order valence-electron chi connectivity index (χ3n) is 4.09. The van der Waals surface area contributed by atoms with E-state index in [-0.39, 0.29) is 20.6 Å². The molecule has 1 amide bonds. The van der Waals surface area contributed by atoms with Crippen LogP contribution in [-0.2, 0) is 10.0 Å². The Morgan fingerprint density at radius 3 is 2.56 bits per heavy atom. The number of sulfonamides is 1. The minimum atomic E-state index is -3.95. The summed E-state index contributed by atoms with van der Waals surface area (Å²) in [6.45, 7) is 5.09. The fourth-order valence-corrected chi connectivity index (χ4v) is 5.46. The maximum Gasteiger partial charge on any atom is 0.257 e. The first-order valence-electron chi connectivity index (χ1n) is 9.34. The van der Waals surface area contributed by atoms with Gasteiger partial charge < -0.3 is 4.74 Å². The highest BCUT2D eigenvalue weighted by Gasteiger charge is 2.25. The van der Waals surface area contributed by atoms with Crippen molar-refractivity contribution in [3.05, 3.63) is 58.2 Å². The first kappa shape index (κ1) is 24.1. The van der Waals surface area contributed by atoms with Gasteiger partial charge in [0.15, 0.2) is 5.13 Å². The number of ether oxygens (including phenoxy) is 1. The predicted octanol–water partition coefficient (Wildman–Crippen LogP) is 4.94. The summed E-state index contributed by atoms with van der Waals surface area (Å²) in [5, 5.41) is 4.52. The second-order valence-electron chi connectivity index (χ2n) is 7.84. The molecule has 0 atom stereocenters. The van der Waals surface area contributed by atoms with Gasteiger partial charge in [0.25, 0.3) is 5.91 Å². The molecule has 2 N–H and O–H groups in total. The minimum Gasteiger partial charge on any atom is -0.496 e. The molecule has 7 nitrogen and oxygen atoms in total. The summed E-state index contributed by atoms with van der Waals surface area (Å²) in [4.78, 5) is 16.8. The number of aromatic nitrogens is 1. The number of benzene rings is 2. The molecule has 0 bridgehead atoms. The molecule has 0 saturated heterocycles. The number of hydrogen-bond acceptors (Lipinski definition) is 6. The Balaban J connectivity index is 1.86. The van der Waals surface area contributed by atoms with Crippen molar-refractivity contribution in [2.75, 3.05) is 12.4 Å². The van der Waals surface area contributed by atoms with Crippen molar-refractivity contribution in [2.45, 2.75) is 31.2 Å². The van der Waals surface area contributed by atoms with Gasteiger partial charge in [0.1, 0.15) is 16.5 Å². The van der Waals surface area contributed by atoms with E-state index in [1.165, 1.54) is 43.5 Å². The molecule has 170 valence electrons. The molecule has 1 aromatic heterocycles. The molecule has 32 heavy (non-hydrogen) atoms. The summed E-state index contributed by atoms with van der Waals surface area (Å²) >= 11 is 7.22. The first-order valence-corrected chi connectivity index (χ1v) is 12.1. The van der Waals surface area contributed by atoms with Crippen molar-refractivity contribution >= 4 is 44.0 Å². The molecular weight excluding hydrogens is 477 g/mol. The number of methoxy groups -OCH3 is 1. The smallest absolute Gasteiger partial charge is 0.257 e. The molecule has 0 aliphatic rings. The quantitative estimate of drug-likeness (QED) is 0.502. The average molecular weight is 498 g/mol. The molecule has 11 heteroatoms. The van der Waals surface area contributed by atoms with Gasteiger partial charge in [-0.25, -0.2) is 22.5 Å². The number of thiazole rings is 1. The summed E-state index contributed by atoms with van der Waals surface area (Å²) in [6, 6.07) is 8.02. The highest BCUT2D eigenvalue weighted by molar-refractivity contribution is 7.89. The molecule has 2 aromatic carbocycles. The second-order valence-corrected chi connectivity index (χ2v) is 10.8. The Kier molecular flexibility index (Phi) is 6.89. The van der Waals surface area contributed by atoms with Crippen molar-refractivity contribution < 1.29 is 22.3 Å². The molecule has 0 saturated carbocycles. The Morgan fingerprint density at radius 1 is 1.19 bits per heavy atom. The zero-order valence-electron chi connectivity index (χ0n) is 17.7. The van der Waals surface area contributed by atoms with Crippen LogP contribution in [0.4, 0.5) is 9.52 Å². The lowest BCUT2D eigenvalue weighted by Gasteiger charge is -2.21. The average Bonchev–Trinajstić information content (AvgIpc) is 3.14. The van der Waals surface area contributed by atoms with E-state index < -0.39 is 27.3 Å². The maximum atomic E-state index is 13.7. The van der Waals surface area contributed by atoms with E-state index in [9.17, 15) is 17.6 Å². The van der Waals surface area contributed by atoms with Crippen molar-refractivity contribution in [2.24, 2.45) is 0 Å². The molecule has 1 heterocycles. The van der Waals surface area contributed by atoms with Crippen molar-refractivity contribution in [1.82, 2.24) is 9.71 Å². The molecule has 0 aliphatic carbocycles. The van der Waals surface area contributed by atoms with E-state index in [4.69, 9.17) is 16.3 Å². The van der Waals surface area contributed by atoms with E-state index in [1.807, 2.05) is 0 Å². The van der Waals surface area contributed by atoms with Gasteiger partial charge in [-0.1, -0.05) is 11.6 Å². The number of amides is 1. The lowest BCUT2D eigenvalue weighted by molar-refractivity contribution is 0.102. The fraction of sp³-hybridized carbons (Fsp3) is 0.238. The van der Waals surface area contributed by atoms with Gasteiger partial charge in [0.2, 0.25) is 10.0 Å². The third-order valence-corrected chi connectivity index (χ3v) is 7.08. The molecule has 0 unspecified atom stereocenters. The van der Waals surface area contributed by atoms with E-state index in [0.717, 1.165) is 11.3 Å². The summed E-state index contributed by atoms with van der Waals surface area (Å²) < 4.78 is 46.8. The van der Waals surface area contributed by atoms with Gasteiger partial charge in [0, 0.05) is 22.0 Å². The minimum absolute atomic E-state index is 0.00645. The number of rotatable bonds is 6. The predicted molar refractivity (Wildman–Crippen MR) is 124 cm³/mol. The van der Waals surface area contributed by atoms with Gasteiger partial charge >= 0.3 is 0 Å². The van der Waals surface area contributed by atoms with Crippen LogP contribution in [-0.4, -0.2) is 32.0 Å². The Bertz CT molecular complexity index is 1270. The summed E-state index contributed by atoms with van der Waals surface area (Å²) in [5.41, 5.74) is 0.229. The number of carbonyl (C=O) groups is 1. The van der Waals surface area contributed by atoms with E-state index in [1.54, 1.807) is 26.2 Å².